The molecule has 0 amide bonds. The van der Waals surface area contributed by atoms with E-state index in [2.05, 4.69) is 4.74 Å². The largest absolute Gasteiger partial charge is 0.480 e. The molecule has 1 N–H and O–H groups in total. The van der Waals surface area contributed by atoms with E-state index in [1.165, 1.54) is 6.08 Å². The molecule has 0 heterocycles. The van der Waals surface area contributed by atoms with Gasteiger partial charge >= 0.3 is 24.5 Å². The fourth-order valence-electron chi connectivity index (χ4n) is 3.82. The van der Waals surface area contributed by atoms with E-state index in [0.717, 1.165) is 6.08 Å². The van der Waals surface area contributed by atoms with E-state index in [1.54, 1.807) is 0 Å². The second-order valence-corrected chi connectivity index (χ2v) is 6.39. The van der Waals surface area contributed by atoms with Gasteiger partial charge < -0.3 is 9.84 Å². The number of alkyl halides is 9. The number of halogens is 9. The number of carbonyl (C=O) groups is 1. The van der Waals surface area contributed by atoms with Crippen molar-refractivity contribution in [1.82, 2.24) is 0 Å². The van der Waals surface area contributed by atoms with E-state index in [1.807, 2.05) is 0 Å². The van der Waals surface area contributed by atoms with Crippen molar-refractivity contribution >= 4 is 5.97 Å². The van der Waals surface area contributed by atoms with Gasteiger partial charge in [-0.3, -0.25) is 0 Å². The number of hydrogen-bond acceptors (Lipinski definition) is 2. The van der Waals surface area contributed by atoms with Gasteiger partial charge in [0.15, 0.2) is 0 Å². The Morgan fingerprint density at radius 3 is 1.88 bits per heavy atom. The monoisotopic (exact) mass is 400 g/mol. The molecule has 2 aliphatic carbocycles. The van der Waals surface area contributed by atoms with Crippen molar-refractivity contribution < 1.29 is 54.2 Å². The van der Waals surface area contributed by atoms with Crippen LogP contribution in [0.1, 0.15) is 12.8 Å². The van der Waals surface area contributed by atoms with Gasteiger partial charge in [-0.15, -0.1) is 0 Å². The molecule has 4 atom stereocenters. The van der Waals surface area contributed by atoms with Crippen LogP contribution in [-0.4, -0.2) is 41.8 Å². The van der Waals surface area contributed by atoms with Gasteiger partial charge in [0.1, 0.15) is 6.61 Å². The Morgan fingerprint density at radius 2 is 1.46 bits per heavy atom. The average molecular weight is 400 g/mol. The zero-order chi connectivity index (χ0) is 20.1. The third kappa shape index (κ3) is 3.52. The first kappa shape index (κ1) is 20.8. The van der Waals surface area contributed by atoms with Gasteiger partial charge in [-0.05, 0) is 30.6 Å². The third-order valence-electron chi connectivity index (χ3n) is 4.88. The Bertz CT molecular complexity index is 562. The summed E-state index contributed by atoms with van der Waals surface area (Å²) in [5.74, 6) is -8.84. The normalized spacial score (nSPS) is 29.4. The van der Waals surface area contributed by atoms with Crippen LogP contribution in [0, 0.1) is 23.7 Å². The molecule has 150 valence electrons. The first-order valence-electron chi connectivity index (χ1n) is 7.34. The fourth-order valence-corrected chi connectivity index (χ4v) is 3.82. The molecule has 2 rings (SSSR count). The van der Waals surface area contributed by atoms with E-state index in [0.29, 0.717) is 0 Å². The molecule has 1 fully saturated rings. The van der Waals surface area contributed by atoms with Crippen molar-refractivity contribution in [2.24, 2.45) is 23.7 Å². The number of fused-ring (bicyclic) bond motifs is 2. The molecular weight excluding hydrogens is 387 g/mol. The summed E-state index contributed by atoms with van der Waals surface area (Å²) in [6, 6.07) is 0. The lowest BCUT2D eigenvalue weighted by molar-refractivity contribution is -0.386. The maximum atomic E-state index is 13.3. The fraction of sp³-hybridized carbons (Fsp3) is 0.786. The maximum absolute atomic E-state index is 13.3. The molecule has 2 bridgehead atoms. The maximum Gasteiger partial charge on any atom is 0.426 e. The molecule has 1 saturated carbocycles. The summed E-state index contributed by atoms with van der Waals surface area (Å²) in [5, 5.41) is 8.40. The van der Waals surface area contributed by atoms with Crippen molar-refractivity contribution in [3.63, 3.8) is 0 Å². The quantitative estimate of drug-likeness (QED) is 0.552. The van der Waals surface area contributed by atoms with Crippen LogP contribution in [-0.2, 0) is 9.53 Å². The standard InChI is InChI=1S/C14H13F9O3/c15-12(16,17)10-7-2-1-6(3-7)8(10)4-11(13(18,19)20,14(21,22)23)26-5-9(24)25/h1-2,6-8,10H,3-5H2,(H,24,25). The summed E-state index contributed by atoms with van der Waals surface area (Å²) >= 11 is 0. The topological polar surface area (TPSA) is 46.5 Å². The van der Waals surface area contributed by atoms with Crippen molar-refractivity contribution in [2.75, 3.05) is 6.61 Å². The highest BCUT2D eigenvalue weighted by molar-refractivity contribution is 5.68. The number of allylic oxidation sites excluding steroid dienone is 2. The van der Waals surface area contributed by atoms with E-state index < -0.39 is 66.8 Å². The zero-order valence-electron chi connectivity index (χ0n) is 12.8. The molecule has 0 radical (unpaired) electrons. The number of hydrogen-bond donors (Lipinski definition) is 1. The Hall–Kier alpha value is -1.46. The number of ether oxygens (including phenoxy) is 1. The Morgan fingerprint density at radius 1 is 0.962 bits per heavy atom. The third-order valence-corrected chi connectivity index (χ3v) is 4.88. The van der Waals surface area contributed by atoms with Gasteiger partial charge in [0.05, 0.1) is 5.92 Å². The highest BCUT2D eigenvalue weighted by Crippen LogP contribution is 2.60. The minimum atomic E-state index is -6.15. The highest BCUT2D eigenvalue weighted by Gasteiger charge is 2.74. The number of carboxylic acid groups (broad SMARTS) is 1. The summed E-state index contributed by atoms with van der Waals surface area (Å²) in [4.78, 5) is 10.4. The highest BCUT2D eigenvalue weighted by atomic mass is 19.4. The molecule has 0 aromatic rings. The molecule has 0 aromatic heterocycles. The molecule has 0 aliphatic heterocycles. The lowest BCUT2D eigenvalue weighted by Gasteiger charge is -2.41. The van der Waals surface area contributed by atoms with Crippen molar-refractivity contribution in [1.29, 1.82) is 0 Å². The van der Waals surface area contributed by atoms with Gasteiger partial charge in [0.25, 0.3) is 5.60 Å². The summed E-state index contributed by atoms with van der Waals surface area (Å²) < 4.78 is 123. The van der Waals surface area contributed by atoms with E-state index in [9.17, 15) is 44.3 Å². The predicted octanol–water partition coefficient (Wildman–Crippen LogP) is 4.34. The minimum Gasteiger partial charge on any atom is -0.480 e. The average Bonchev–Trinajstić information content (AvgIpc) is 2.99. The second kappa shape index (κ2) is 6.31. The Balaban J connectivity index is 2.46. The lowest BCUT2D eigenvalue weighted by Crippen LogP contribution is -2.61. The molecule has 0 aromatic carbocycles. The molecular formula is C14H13F9O3. The zero-order valence-corrected chi connectivity index (χ0v) is 12.8. The smallest absolute Gasteiger partial charge is 0.426 e. The van der Waals surface area contributed by atoms with Crippen LogP contribution in [0.25, 0.3) is 0 Å². The van der Waals surface area contributed by atoms with Gasteiger partial charge in [0, 0.05) is 0 Å². The van der Waals surface area contributed by atoms with Crippen molar-refractivity contribution in [2.45, 2.75) is 37.0 Å². The van der Waals surface area contributed by atoms with Crippen LogP contribution < -0.4 is 0 Å². The molecule has 2 aliphatic rings. The number of aliphatic carboxylic acids is 1. The molecule has 0 spiro atoms. The van der Waals surface area contributed by atoms with Crippen molar-refractivity contribution in [3.05, 3.63) is 12.2 Å². The van der Waals surface area contributed by atoms with Gasteiger partial charge in [0.2, 0.25) is 0 Å². The van der Waals surface area contributed by atoms with Crippen LogP contribution in [0.15, 0.2) is 12.2 Å². The number of rotatable bonds is 5. The number of carboxylic acids is 1. The van der Waals surface area contributed by atoms with Gasteiger partial charge in [-0.2, -0.15) is 39.5 Å². The summed E-state index contributed by atoms with van der Waals surface area (Å²) in [7, 11) is 0. The minimum absolute atomic E-state index is 0.209. The Kier molecular flexibility index (Phi) is 5.06. The van der Waals surface area contributed by atoms with E-state index in [-0.39, 0.29) is 6.42 Å². The first-order valence-corrected chi connectivity index (χ1v) is 7.34. The van der Waals surface area contributed by atoms with Crippen molar-refractivity contribution in [3.8, 4) is 0 Å². The molecule has 0 saturated heterocycles. The lowest BCUT2D eigenvalue weighted by atomic mass is 9.75. The van der Waals surface area contributed by atoms with Gasteiger partial charge in [-0.1, -0.05) is 12.2 Å². The van der Waals surface area contributed by atoms with E-state index in [4.69, 9.17) is 5.11 Å². The molecule has 3 nitrogen and oxygen atoms in total. The van der Waals surface area contributed by atoms with Crippen LogP contribution >= 0.6 is 0 Å². The summed E-state index contributed by atoms with van der Waals surface area (Å²) in [5.41, 5.74) is -5.00. The van der Waals surface area contributed by atoms with Gasteiger partial charge in [-0.25, -0.2) is 4.79 Å². The van der Waals surface area contributed by atoms with E-state index >= 15 is 0 Å². The van der Waals surface area contributed by atoms with Crippen LogP contribution in [0.2, 0.25) is 0 Å². The summed E-state index contributed by atoms with van der Waals surface area (Å²) in [6.45, 7) is -1.95. The first-order chi connectivity index (χ1) is 11.6. The molecule has 26 heavy (non-hydrogen) atoms. The van der Waals surface area contributed by atoms with Crippen LogP contribution in [0.4, 0.5) is 39.5 Å². The summed E-state index contributed by atoms with van der Waals surface area (Å²) in [6.07, 6.45) is -17.2. The van der Waals surface area contributed by atoms with Crippen LogP contribution in [0.5, 0.6) is 0 Å². The van der Waals surface area contributed by atoms with Crippen LogP contribution in [0.3, 0.4) is 0 Å². The SMILES string of the molecule is O=C(O)COC(CC1C2C=CC(C2)C1C(F)(F)F)(C(F)(F)F)C(F)(F)F. The molecule has 4 unspecified atom stereocenters. The Labute approximate surface area is 140 Å². The molecule has 12 heteroatoms. The predicted molar refractivity (Wildman–Crippen MR) is 66.8 cm³/mol. The second-order valence-electron chi connectivity index (χ2n) is 6.39.